The summed E-state index contributed by atoms with van der Waals surface area (Å²) < 4.78 is 0. The van der Waals surface area contributed by atoms with Crippen LogP contribution in [0.3, 0.4) is 0 Å². The van der Waals surface area contributed by atoms with E-state index in [1.54, 1.807) is 0 Å². The molecule has 1 nitrogen and oxygen atoms in total. The second-order valence-electron chi connectivity index (χ2n) is 12.3. The van der Waals surface area contributed by atoms with Crippen LogP contribution >= 0.6 is 31.9 Å². The highest BCUT2D eigenvalue weighted by molar-refractivity contribution is 9.12. The Labute approximate surface area is 202 Å². The maximum atomic E-state index is 10.6. The molecule has 0 amide bonds. The maximum absolute atomic E-state index is 10.6. The summed E-state index contributed by atoms with van der Waals surface area (Å²) in [4.78, 5) is 0.480. The van der Waals surface area contributed by atoms with Crippen molar-refractivity contribution in [2.45, 2.75) is 108 Å². The number of rotatable bonds is 5. The summed E-state index contributed by atoms with van der Waals surface area (Å²) >= 11 is 7.91. The van der Waals surface area contributed by atoms with Gasteiger partial charge >= 0.3 is 0 Å². The number of aliphatic hydroxyl groups excluding tert-OH is 1. The normalized spacial score (nSPS) is 49.2. The highest BCUT2D eigenvalue weighted by atomic mass is 79.9. The molecular formula is C27H44Br2O. The molecule has 3 saturated carbocycles. The fourth-order valence-electron chi connectivity index (χ4n) is 8.67. The van der Waals surface area contributed by atoms with Crippen molar-refractivity contribution >= 4 is 31.9 Å². The molecule has 0 heterocycles. The highest BCUT2D eigenvalue weighted by Crippen LogP contribution is 2.68. The van der Waals surface area contributed by atoms with Crippen LogP contribution in [0.25, 0.3) is 0 Å². The van der Waals surface area contributed by atoms with Crippen LogP contribution in [0, 0.1) is 46.3 Å². The van der Waals surface area contributed by atoms with Gasteiger partial charge in [-0.15, -0.1) is 0 Å². The Morgan fingerprint density at radius 2 is 1.80 bits per heavy atom. The smallest absolute Gasteiger partial charge is 0.0713 e. The van der Waals surface area contributed by atoms with Crippen LogP contribution in [0.5, 0.6) is 0 Å². The van der Waals surface area contributed by atoms with E-state index < -0.39 is 0 Å². The Morgan fingerprint density at radius 1 is 1.07 bits per heavy atom. The lowest BCUT2D eigenvalue weighted by Crippen LogP contribution is -2.57. The molecule has 0 saturated heterocycles. The van der Waals surface area contributed by atoms with Crippen LogP contribution in [0.2, 0.25) is 0 Å². The second-order valence-corrected chi connectivity index (χ2v) is 14.3. The third-order valence-electron chi connectivity index (χ3n) is 10.4. The van der Waals surface area contributed by atoms with Gasteiger partial charge in [0.2, 0.25) is 0 Å². The van der Waals surface area contributed by atoms with Crippen LogP contribution in [0.1, 0.15) is 92.4 Å². The zero-order valence-corrected chi connectivity index (χ0v) is 23.0. The first kappa shape index (κ1) is 23.8. The van der Waals surface area contributed by atoms with Crippen LogP contribution in [0.15, 0.2) is 11.6 Å². The average Bonchev–Trinajstić information content (AvgIpc) is 3.04. The maximum Gasteiger partial charge on any atom is 0.0713 e. The molecule has 1 N–H and O–H groups in total. The zero-order valence-electron chi connectivity index (χ0n) is 19.8. The summed E-state index contributed by atoms with van der Waals surface area (Å²) in [7, 11) is 0. The molecule has 2 unspecified atom stereocenters. The average molecular weight is 544 g/mol. The summed E-state index contributed by atoms with van der Waals surface area (Å²) in [5, 5.41) is 10.6. The molecule has 30 heavy (non-hydrogen) atoms. The quantitative estimate of drug-likeness (QED) is 0.274. The molecule has 0 aromatic rings. The molecule has 4 aliphatic rings. The third-order valence-corrected chi connectivity index (χ3v) is 13.8. The molecule has 172 valence electrons. The van der Waals surface area contributed by atoms with Gasteiger partial charge in [-0.25, -0.2) is 0 Å². The number of fused-ring (bicyclic) bond motifs is 5. The number of allylic oxidation sites excluding steroid dienone is 1. The third kappa shape index (κ3) is 3.73. The zero-order chi connectivity index (χ0) is 21.8. The van der Waals surface area contributed by atoms with Crippen molar-refractivity contribution in [3.8, 4) is 0 Å². The number of aliphatic hydroxyl groups is 1. The Balaban J connectivity index is 1.53. The van der Waals surface area contributed by atoms with Crippen molar-refractivity contribution in [2.24, 2.45) is 46.3 Å². The van der Waals surface area contributed by atoms with E-state index in [-0.39, 0.29) is 16.3 Å². The predicted molar refractivity (Wildman–Crippen MR) is 135 cm³/mol. The van der Waals surface area contributed by atoms with E-state index >= 15 is 0 Å². The van der Waals surface area contributed by atoms with Gasteiger partial charge in [0.15, 0.2) is 0 Å². The van der Waals surface area contributed by atoms with Gasteiger partial charge in [0, 0.05) is 10.2 Å². The van der Waals surface area contributed by atoms with Gasteiger partial charge in [-0.2, -0.15) is 0 Å². The van der Waals surface area contributed by atoms with Crippen molar-refractivity contribution in [3.63, 3.8) is 0 Å². The number of halogens is 2. The van der Waals surface area contributed by atoms with Gasteiger partial charge in [0.1, 0.15) is 0 Å². The van der Waals surface area contributed by atoms with Crippen molar-refractivity contribution < 1.29 is 5.11 Å². The minimum atomic E-state index is -0.262. The second kappa shape index (κ2) is 8.79. The summed E-state index contributed by atoms with van der Waals surface area (Å²) in [6.07, 6.45) is 14.3. The van der Waals surface area contributed by atoms with E-state index in [4.69, 9.17) is 0 Å². The molecule has 3 heteroatoms. The monoisotopic (exact) mass is 542 g/mol. The highest BCUT2D eigenvalue weighted by Gasteiger charge is 2.61. The van der Waals surface area contributed by atoms with Gasteiger partial charge in [-0.3, -0.25) is 0 Å². The fraction of sp³-hybridized carbons (Fsp3) is 0.926. The molecule has 10 atom stereocenters. The molecule has 4 aliphatic carbocycles. The largest absolute Gasteiger partial charge is 0.392 e. The molecule has 0 spiro atoms. The molecular weight excluding hydrogens is 500 g/mol. The predicted octanol–water partition coefficient (Wildman–Crippen LogP) is 8.14. The number of hydrogen-bond acceptors (Lipinski definition) is 1. The lowest BCUT2D eigenvalue weighted by Gasteiger charge is -2.60. The summed E-state index contributed by atoms with van der Waals surface area (Å²) in [5.41, 5.74) is 2.27. The standard InChI is InChI=1S/C27H44Br2O/c1-16(2)7-6-8-17(3)20-11-12-21-19-10-9-18-15-23(30)24(28)25(29)27(18,5)22(19)13-14-26(20,21)4/h9,16-17,19-25,30H,6-8,10-15H2,1-5H3/t17-,19+,20-,21+,22+,23-,24?,25?,26-,27+/m1/s1. The Morgan fingerprint density at radius 3 is 2.50 bits per heavy atom. The van der Waals surface area contributed by atoms with Gasteiger partial charge in [0.25, 0.3) is 0 Å². The summed E-state index contributed by atoms with van der Waals surface area (Å²) in [6.45, 7) is 12.5. The van der Waals surface area contributed by atoms with E-state index in [1.165, 1.54) is 56.9 Å². The van der Waals surface area contributed by atoms with Crippen LogP contribution in [-0.2, 0) is 0 Å². The number of hydrogen-bond donors (Lipinski definition) is 1. The minimum absolute atomic E-state index is 0.156. The van der Waals surface area contributed by atoms with E-state index in [0.29, 0.717) is 10.2 Å². The summed E-state index contributed by atoms with van der Waals surface area (Å²) in [5.74, 6) is 5.13. The molecule has 0 bridgehead atoms. The van der Waals surface area contributed by atoms with E-state index in [1.807, 2.05) is 0 Å². The Bertz CT molecular complexity index is 659. The first-order valence-corrected chi connectivity index (χ1v) is 14.6. The van der Waals surface area contributed by atoms with Gasteiger partial charge < -0.3 is 5.11 Å². The number of alkyl halides is 2. The SMILES string of the molecule is CC(C)CCC[C@@H](C)[C@H]1CC[C@H]2[C@@H]3CC=C4C[C@@H](O)C(Br)C(Br)[C@]4(C)[C@H]3CC[C@]12C. The molecule has 0 aromatic heterocycles. The fourth-order valence-corrected chi connectivity index (χ4v) is 10.4. The molecule has 0 aromatic carbocycles. The summed E-state index contributed by atoms with van der Waals surface area (Å²) in [6, 6.07) is 0. The van der Waals surface area contributed by atoms with Crippen molar-refractivity contribution in [1.29, 1.82) is 0 Å². The van der Waals surface area contributed by atoms with Crippen LogP contribution < -0.4 is 0 Å². The first-order valence-electron chi connectivity index (χ1n) is 12.8. The van der Waals surface area contributed by atoms with E-state index in [2.05, 4.69) is 72.6 Å². The molecule has 3 fully saturated rings. The van der Waals surface area contributed by atoms with Crippen molar-refractivity contribution in [2.75, 3.05) is 0 Å². The molecule has 4 rings (SSSR count). The van der Waals surface area contributed by atoms with Gasteiger partial charge in [-0.05, 0) is 79.4 Å². The van der Waals surface area contributed by atoms with Crippen LogP contribution in [0.4, 0.5) is 0 Å². The lowest BCUT2D eigenvalue weighted by molar-refractivity contribution is -0.0529. The lowest BCUT2D eigenvalue weighted by atomic mass is 9.47. The van der Waals surface area contributed by atoms with Gasteiger partial charge in [-0.1, -0.05) is 97.4 Å². The minimum Gasteiger partial charge on any atom is -0.392 e. The van der Waals surface area contributed by atoms with E-state index in [9.17, 15) is 5.11 Å². The molecule has 0 radical (unpaired) electrons. The Kier molecular flexibility index (Phi) is 6.97. The van der Waals surface area contributed by atoms with Crippen molar-refractivity contribution in [1.82, 2.24) is 0 Å². The van der Waals surface area contributed by atoms with Crippen molar-refractivity contribution in [3.05, 3.63) is 11.6 Å². The van der Waals surface area contributed by atoms with Crippen LogP contribution in [-0.4, -0.2) is 20.9 Å². The van der Waals surface area contributed by atoms with E-state index in [0.717, 1.165) is 41.9 Å². The van der Waals surface area contributed by atoms with Gasteiger partial charge in [0.05, 0.1) is 10.9 Å². The Hall–Kier alpha value is 0.660. The first-order chi connectivity index (χ1) is 14.1. The topological polar surface area (TPSA) is 20.2 Å². The molecule has 0 aliphatic heterocycles.